The molecular formula is C13H17BrN2S. The number of halogens is 1. The molecule has 0 bridgehead atoms. The van der Waals surface area contributed by atoms with Gasteiger partial charge in [-0.15, -0.1) is 11.3 Å². The van der Waals surface area contributed by atoms with Gasteiger partial charge >= 0.3 is 0 Å². The van der Waals surface area contributed by atoms with Gasteiger partial charge in [0, 0.05) is 21.5 Å². The highest BCUT2D eigenvalue weighted by Crippen LogP contribution is 2.31. The van der Waals surface area contributed by atoms with Gasteiger partial charge in [-0.25, -0.2) is 9.97 Å². The first kappa shape index (κ1) is 13.0. The lowest BCUT2D eigenvalue weighted by Gasteiger charge is -2.08. The van der Waals surface area contributed by atoms with Crippen LogP contribution in [0.5, 0.6) is 0 Å². The lowest BCUT2D eigenvalue weighted by atomic mass is 10.1. The largest absolute Gasteiger partial charge is 0.241 e. The lowest BCUT2D eigenvalue weighted by Crippen LogP contribution is -2.04. The van der Waals surface area contributed by atoms with Crippen molar-refractivity contribution in [3.8, 4) is 0 Å². The average molecular weight is 313 g/mol. The highest BCUT2D eigenvalue weighted by molar-refractivity contribution is 9.09. The maximum absolute atomic E-state index is 4.47. The summed E-state index contributed by atoms with van der Waals surface area (Å²) in [5.74, 6) is 0. The van der Waals surface area contributed by atoms with Crippen molar-refractivity contribution in [2.24, 2.45) is 0 Å². The van der Waals surface area contributed by atoms with Gasteiger partial charge in [-0.05, 0) is 25.8 Å². The summed E-state index contributed by atoms with van der Waals surface area (Å²) in [6.45, 7) is 6.54. The second kappa shape index (κ2) is 5.44. The van der Waals surface area contributed by atoms with E-state index in [4.69, 9.17) is 0 Å². The highest BCUT2D eigenvalue weighted by Gasteiger charge is 2.14. The van der Waals surface area contributed by atoms with E-state index < -0.39 is 0 Å². The molecule has 0 aliphatic carbocycles. The van der Waals surface area contributed by atoms with Gasteiger partial charge in [0.15, 0.2) is 0 Å². The van der Waals surface area contributed by atoms with Gasteiger partial charge in [0.05, 0.1) is 5.69 Å². The van der Waals surface area contributed by atoms with E-state index in [9.17, 15) is 0 Å². The van der Waals surface area contributed by atoms with Crippen molar-refractivity contribution in [1.29, 1.82) is 0 Å². The summed E-state index contributed by atoms with van der Waals surface area (Å²) in [5, 5.41) is 1.27. The molecule has 2 heterocycles. The molecule has 0 aliphatic rings. The Hall–Kier alpha value is -0.480. The Morgan fingerprint density at radius 3 is 2.82 bits per heavy atom. The van der Waals surface area contributed by atoms with E-state index in [0.29, 0.717) is 4.83 Å². The monoisotopic (exact) mass is 312 g/mol. The molecule has 0 fully saturated rings. The minimum Gasteiger partial charge on any atom is -0.241 e. The molecule has 2 aromatic rings. The summed E-state index contributed by atoms with van der Waals surface area (Å²) in [4.78, 5) is 11.8. The van der Waals surface area contributed by atoms with Crippen LogP contribution in [-0.4, -0.2) is 14.8 Å². The Bertz CT molecular complexity index is 521. The van der Waals surface area contributed by atoms with Crippen LogP contribution in [0.2, 0.25) is 0 Å². The van der Waals surface area contributed by atoms with Crippen LogP contribution in [0.15, 0.2) is 6.33 Å². The minimum absolute atomic E-state index is 0.519. The van der Waals surface area contributed by atoms with Crippen molar-refractivity contribution < 1.29 is 0 Å². The van der Waals surface area contributed by atoms with E-state index in [1.807, 2.05) is 0 Å². The number of hydrogen-bond donors (Lipinski definition) is 0. The van der Waals surface area contributed by atoms with E-state index in [2.05, 4.69) is 46.7 Å². The predicted octanol–water partition coefficient (Wildman–Crippen LogP) is 4.41. The zero-order valence-corrected chi connectivity index (χ0v) is 12.9. The third-order valence-electron chi connectivity index (χ3n) is 3.06. The Kier molecular flexibility index (Phi) is 4.15. The Morgan fingerprint density at radius 2 is 2.12 bits per heavy atom. The number of aromatic nitrogens is 2. The van der Waals surface area contributed by atoms with Crippen molar-refractivity contribution in [1.82, 2.24) is 9.97 Å². The molecule has 0 amide bonds. The molecule has 0 saturated carbocycles. The summed E-state index contributed by atoms with van der Waals surface area (Å²) in [6.07, 6.45) is 5.07. The maximum Gasteiger partial charge on any atom is 0.127 e. The molecule has 2 rings (SSSR count). The van der Waals surface area contributed by atoms with Gasteiger partial charge in [0.2, 0.25) is 0 Å². The molecule has 0 aromatic carbocycles. The predicted molar refractivity (Wildman–Crippen MR) is 78.2 cm³/mol. The fourth-order valence-electron chi connectivity index (χ4n) is 2.04. The molecule has 4 heteroatoms. The Balaban J connectivity index is 2.40. The number of fused-ring (bicyclic) bond motifs is 1. The van der Waals surface area contributed by atoms with Gasteiger partial charge < -0.3 is 0 Å². The van der Waals surface area contributed by atoms with Gasteiger partial charge in [0.25, 0.3) is 0 Å². The molecule has 92 valence electrons. The van der Waals surface area contributed by atoms with E-state index in [1.165, 1.54) is 34.4 Å². The van der Waals surface area contributed by atoms with E-state index in [1.54, 1.807) is 17.7 Å². The fraction of sp³-hybridized carbons (Fsp3) is 0.538. The zero-order valence-electron chi connectivity index (χ0n) is 10.5. The summed E-state index contributed by atoms with van der Waals surface area (Å²) in [6, 6.07) is 0. The third-order valence-corrected chi connectivity index (χ3v) is 4.96. The van der Waals surface area contributed by atoms with Crippen molar-refractivity contribution in [3.63, 3.8) is 0 Å². The summed E-state index contributed by atoms with van der Waals surface area (Å²) in [7, 11) is 0. The second-order valence-electron chi connectivity index (χ2n) is 4.37. The normalized spacial score (nSPS) is 13.2. The van der Waals surface area contributed by atoms with Crippen LogP contribution in [0.25, 0.3) is 10.2 Å². The summed E-state index contributed by atoms with van der Waals surface area (Å²) < 4.78 is 0. The molecule has 0 saturated heterocycles. The molecule has 0 aliphatic heterocycles. The second-order valence-corrected chi connectivity index (χ2v) is 6.87. The SMILES string of the molecule is CCCC(Br)Cc1ncnc2sc(C)c(C)c12. The van der Waals surface area contributed by atoms with Crippen LogP contribution >= 0.6 is 27.3 Å². The molecule has 0 radical (unpaired) electrons. The number of alkyl halides is 1. The fourth-order valence-corrected chi connectivity index (χ4v) is 3.82. The molecule has 0 N–H and O–H groups in total. The van der Waals surface area contributed by atoms with Crippen LogP contribution in [0.3, 0.4) is 0 Å². The first-order valence-electron chi connectivity index (χ1n) is 5.97. The lowest BCUT2D eigenvalue weighted by molar-refractivity contribution is 0.736. The standard InChI is InChI=1S/C13H17BrN2S/c1-4-5-10(14)6-11-12-8(2)9(3)17-13(12)16-7-15-11/h7,10H,4-6H2,1-3H3. The molecule has 17 heavy (non-hydrogen) atoms. The molecule has 2 nitrogen and oxygen atoms in total. The van der Waals surface area contributed by atoms with Crippen molar-refractivity contribution in [2.75, 3.05) is 0 Å². The molecule has 2 aromatic heterocycles. The van der Waals surface area contributed by atoms with Crippen LogP contribution in [-0.2, 0) is 6.42 Å². The summed E-state index contributed by atoms with van der Waals surface area (Å²) >= 11 is 5.50. The summed E-state index contributed by atoms with van der Waals surface area (Å²) in [5.41, 5.74) is 2.53. The average Bonchev–Trinajstić information content (AvgIpc) is 2.56. The van der Waals surface area contributed by atoms with E-state index in [0.717, 1.165) is 11.3 Å². The van der Waals surface area contributed by atoms with Crippen LogP contribution in [0.1, 0.15) is 35.9 Å². The van der Waals surface area contributed by atoms with Crippen molar-refractivity contribution in [3.05, 3.63) is 22.5 Å². The third kappa shape index (κ3) is 2.68. The van der Waals surface area contributed by atoms with Crippen LogP contribution in [0.4, 0.5) is 0 Å². The first-order chi connectivity index (χ1) is 8.13. The number of aryl methyl sites for hydroxylation is 2. The molecule has 1 atom stereocenters. The number of hydrogen-bond acceptors (Lipinski definition) is 3. The Labute approximate surface area is 115 Å². The molecule has 1 unspecified atom stereocenters. The van der Waals surface area contributed by atoms with E-state index >= 15 is 0 Å². The topological polar surface area (TPSA) is 25.8 Å². The molecule has 0 spiro atoms. The van der Waals surface area contributed by atoms with Crippen molar-refractivity contribution >= 4 is 37.5 Å². The van der Waals surface area contributed by atoms with Crippen LogP contribution in [0, 0.1) is 13.8 Å². The van der Waals surface area contributed by atoms with Gasteiger partial charge in [-0.3, -0.25) is 0 Å². The van der Waals surface area contributed by atoms with Gasteiger partial charge in [0.1, 0.15) is 11.2 Å². The zero-order chi connectivity index (χ0) is 12.4. The van der Waals surface area contributed by atoms with E-state index in [-0.39, 0.29) is 0 Å². The quantitative estimate of drug-likeness (QED) is 0.781. The maximum atomic E-state index is 4.47. The van der Waals surface area contributed by atoms with Gasteiger partial charge in [-0.1, -0.05) is 29.3 Å². The van der Waals surface area contributed by atoms with Crippen molar-refractivity contribution in [2.45, 2.75) is 44.9 Å². The number of nitrogens with zero attached hydrogens (tertiary/aromatic N) is 2. The first-order valence-corrected chi connectivity index (χ1v) is 7.70. The Morgan fingerprint density at radius 1 is 1.35 bits per heavy atom. The highest BCUT2D eigenvalue weighted by atomic mass is 79.9. The number of rotatable bonds is 4. The molecular weight excluding hydrogens is 296 g/mol. The van der Waals surface area contributed by atoms with Crippen LogP contribution < -0.4 is 0 Å². The van der Waals surface area contributed by atoms with Gasteiger partial charge in [-0.2, -0.15) is 0 Å². The smallest absolute Gasteiger partial charge is 0.127 e. The number of thiophene rings is 1. The minimum atomic E-state index is 0.519.